The third kappa shape index (κ3) is 6.90. The zero-order chi connectivity index (χ0) is 16.5. The smallest absolute Gasteiger partial charge is 0.254 e. The number of hydrogen-bond acceptors (Lipinski definition) is 3. The molecule has 0 fully saturated rings. The molecule has 0 saturated heterocycles. The monoisotopic (exact) mass is 369 g/mol. The quantitative estimate of drug-likeness (QED) is 0.669. The summed E-state index contributed by atoms with van der Waals surface area (Å²) < 4.78 is 0.866. The minimum Gasteiger partial charge on any atom is -0.339 e. The topological polar surface area (TPSA) is 26.8 Å². The van der Waals surface area contributed by atoms with Crippen LogP contribution < -0.4 is 0 Å². The Kier molecular flexibility index (Phi) is 8.68. The van der Waals surface area contributed by atoms with Crippen LogP contribution in [0.15, 0.2) is 28.7 Å². The minimum absolute atomic E-state index is 0.116. The predicted molar refractivity (Wildman–Crippen MR) is 96.4 cm³/mol. The van der Waals surface area contributed by atoms with Gasteiger partial charge < -0.3 is 14.7 Å². The van der Waals surface area contributed by atoms with Crippen LogP contribution in [0.2, 0.25) is 0 Å². The van der Waals surface area contributed by atoms with Crippen molar-refractivity contribution in [3.05, 3.63) is 34.3 Å². The number of nitrogens with zero attached hydrogens (tertiary/aromatic N) is 3. The summed E-state index contributed by atoms with van der Waals surface area (Å²) in [5.74, 6) is 0.116. The van der Waals surface area contributed by atoms with Gasteiger partial charge in [0.05, 0.1) is 5.56 Å². The van der Waals surface area contributed by atoms with E-state index in [4.69, 9.17) is 0 Å². The Hall–Kier alpha value is -0.910. The van der Waals surface area contributed by atoms with Gasteiger partial charge in [-0.25, -0.2) is 0 Å². The molecular formula is C17H28BrN3O. The van der Waals surface area contributed by atoms with E-state index in [1.807, 2.05) is 29.2 Å². The lowest BCUT2D eigenvalue weighted by atomic mass is 10.2. The summed E-state index contributed by atoms with van der Waals surface area (Å²) in [7, 11) is 8.25. The van der Waals surface area contributed by atoms with Gasteiger partial charge in [0.2, 0.25) is 0 Å². The summed E-state index contributed by atoms with van der Waals surface area (Å²) in [6, 6.07) is 7.65. The predicted octanol–water partition coefficient (Wildman–Crippen LogP) is 2.79. The highest BCUT2D eigenvalue weighted by atomic mass is 79.9. The molecule has 1 rings (SSSR count). The molecule has 0 spiro atoms. The summed E-state index contributed by atoms with van der Waals surface area (Å²) in [6.07, 6.45) is 1.98. The molecule has 124 valence electrons. The molecule has 0 atom stereocenters. The lowest BCUT2D eigenvalue weighted by Gasteiger charge is -2.25. The zero-order valence-corrected chi connectivity index (χ0v) is 15.8. The van der Waals surface area contributed by atoms with Crippen molar-refractivity contribution in [2.75, 3.05) is 54.4 Å². The van der Waals surface area contributed by atoms with Crippen LogP contribution in [-0.2, 0) is 0 Å². The van der Waals surface area contributed by atoms with Crippen molar-refractivity contribution in [2.45, 2.75) is 12.8 Å². The van der Waals surface area contributed by atoms with Gasteiger partial charge in [0.15, 0.2) is 0 Å². The second-order valence-electron chi connectivity index (χ2n) is 6.09. The molecule has 0 aliphatic carbocycles. The van der Waals surface area contributed by atoms with Crippen molar-refractivity contribution in [3.63, 3.8) is 0 Å². The summed E-state index contributed by atoms with van der Waals surface area (Å²) in [5.41, 5.74) is 0.747. The summed E-state index contributed by atoms with van der Waals surface area (Å²) >= 11 is 3.48. The van der Waals surface area contributed by atoms with Crippen molar-refractivity contribution in [1.82, 2.24) is 14.7 Å². The maximum Gasteiger partial charge on any atom is 0.254 e. The Morgan fingerprint density at radius 2 is 1.41 bits per heavy atom. The first-order valence-corrected chi connectivity index (χ1v) is 8.54. The number of rotatable bonds is 9. The molecule has 22 heavy (non-hydrogen) atoms. The molecule has 0 bridgehead atoms. The Balaban J connectivity index is 2.70. The van der Waals surface area contributed by atoms with E-state index in [-0.39, 0.29) is 5.91 Å². The molecule has 0 aliphatic heterocycles. The Morgan fingerprint density at radius 3 is 1.86 bits per heavy atom. The van der Waals surface area contributed by atoms with E-state index in [0.717, 1.165) is 49.1 Å². The van der Waals surface area contributed by atoms with Gasteiger partial charge in [-0.3, -0.25) is 4.79 Å². The average Bonchev–Trinajstić information content (AvgIpc) is 2.45. The van der Waals surface area contributed by atoms with E-state index in [0.29, 0.717) is 0 Å². The van der Waals surface area contributed by atoms with Crippen LogP contribution in [0, 0.1) is 0 Å². The largest absolute Gasteiger partial charge is 0.339 e. The minimum atomic E-state index is 0.116. The van der Waals surface area contributed by atoms with E-state index in [1.165, 1.54) is 0 Å². The van der Waals surface area contributed by atoms with E-state index in [1.54, 1.807) is 0 Å². The number of halogens is 1. The van der Waals surface area contributed by atoms with Crippen molar-refractivity contribution in [1.29, 1.82) is 0 Å². The Bertz CT molecular complexity index is 449. The highest BCUT2D eigenvalue weighted by Crippen LogP contribution is 2.18. The fourth-order valence-corrected chi connectivity index (χ4v) is 2.73. The van der Waals surface area contributed by atoms with Crippen LogP contribution in [0.1, 0.15) is 23.2 Å². The first-order chi connectivity index (χ1) is 10.4. The summed E-state index contributed by atoms with van der Waals surface area (Å²) in [6.45, 7) is 3.58. The van der Waals surface area contributed by atoms with Crippen LogP contribution in [0.5, 0.6) is 0 Å². The van der Waals surface area contributed by atoms with Crippen molar-refractivity contribution < 1.29 is 4.79 Å². The fraction of sp³-hybridized carbons (Fsp3) is 0.588. The fourth-order valence-electron chi connectivity index (χ4n) is 2.28. The molecule has 1 aromatic carbocycles. The van der Waals surface area contributed by atoms with Crippen molar-refractivity contribution >= 4 is 21.8 Å². The summed E-state index contributed by atoms with van der Waals surface area (Å²) in [5, 5.41) is 0. The van der Waals surface area contributed by atoms with Gasteiger partial charge >= 0.3 is 0 Å². The van der Waals surface area contributed by atoms with Crippen LogP contribution in [0.4, 0.5) is 0 Å². The van der Waals surface area contributed by atoms with Crippen LogP contribution in [0.25, 0.3) is 0 Å². The zero-order valence-electron chi connectivity index (χ0n) is 14.2. The Morgan fingerprint density at radius 1 is 0.909 bits per heavy atom. The van der Waals surface area contributed by atoms with Crippen LogP contribution in [-0.4, -0.2) is 75.0 Å². The van der Waals surface area contributed by atoms with Gasteiger partial charge in [-0.15, -0.1) is 0 Å². The normalized spacial score (nSPS) is 11.2. The SMILES string of the molecule is CN(C)CCCN(CCCN(C)C)C(=O)c1ccccc1Br. The molecule has 1 amide bonds. The lowest BCUT2D eigenvalue weighted by molar-refractivity contribution is 0.0744. The molecule has 0 unspecified atom stereocenters. The van der Waals surface area contributed by atoms with Gasteiger partial charge in [-0.2, -0.15) is 0 Å². The molecule has 5 heteroatoms. The second-order valence-corrected chi connectivity index (χ2v) is 6.94. The van der Waals surface area contributed by atoms with E-state index in [2.05, 4.69) is 53.9 Å². The first kappa shape index (κ1) is 19.1. The lowest BCUT2D eigenvalue weighted by Crippen LogP contribution is -2.35. The highest BCUT2D eigenvalue weighted by Gasteiger charge is 2.17. The van der Waals surface area contributed by atoms with Crippen LogP contribution >= 0.6 is 15.9 Å². The van der Waals surface area contributed by atoms with E-state index < -0.39 is 0 Å². The average molecular weight is 370 g/mol. The summed E-state index contributed by atoms with van der Waals surface area (Å²) in [4.78, 5) is 19.1. The molecule has 4 nitrogen and oxygen atoms in total. The number of amides is 1. The molecule has 0 N–H and O–H groups in total. The third-order valence-corrected chi connectivity index (χ3v) is 4.15. The van der Waals surface area contributed by atoms with Crippen molar-refractivity contribution in [2.24, 2.45) is 0 Å². The molecule has 0 radical (unpaired) electrons. The van der Waals surface area contributed by atoms with Crippen molar-refractivity contribution in [3.8, 4) is 0 Å². The maximum absolute atomic E-state index is 12.8. The molecular weight excluding hydrogens is 342 g/mol. The first-order valence-electron chi connectivity index (χ1n) is 7.75. The van der Waals surface area contributed by atoms with Crippen LogP contribution in [0.3, 0.4) is 0 Å². The molecule has 0 aromatic heterocycles. The maximum atomic E-state index is 12.8. The van der Waals surface area contributed by atoms with Gasteiger partial charge in [-0.1, -0.05) is 12.1 Å². The second kappa shape index (κ2) is 9.98. The van der Waals surface area contributed by atoms with Gasteiger partial charge in [0, 0.05) is 17.6 Å². The highest BCUT2D eigenvalue weighted by molar-refractivity contribution is 9.10. The van der Waals surface area contributed by atoms with Gasteiger partial charge in [-0.05, 0) is 82.2 Å². The molecule has 0 heterocycles. The number of carbonyl (C=O) groups excluding carboxylic acids is 1. The number of benzene rings is 1. The molecule has 0 saturated carbocycles. The van der Waals surface area contributed by atoms with E-state index in [9.17, 15) is 4.79 Å². The molecule has 1 aromatic rings. The van der Waals surface area contributed by atoms with Gasteiger partial charge in [0.25, 0.3) is 5.91 Å². The van der Waals surface area contributed by atoms with Gasteiger partial charge in [0.1, 0.15) is 0 Å². The number of hydrogen-bond donors (Lipinski definition) is 0. The molecule has 0 aliphatic rings. The van der Waals surface area contributed by atoms with E-state index >= 15 is 0 Å². The Labute approximate surface area is 143 Å². The standard InChI is InChI=1S/C17H28BrN3O/c1-19(2)11-7-13-21(14-8-12-20(3)4)17(22)15-9-5-6-10-16(15)18/h5-6,9-10H,7-8,11-14H2,1-4H3. The third-order valence-electron chi connectivity index (χ3n) is 3.46. The number of carbonyl (C=O) groups is 1.